The first kappa shape index (κ1) is 17.8. The lowest BCUT2D eigenvalue weighted by Gasteiger charge is -2.11. The van der Waals surface area contributed by atoms with Gasteiger partial charge >= 0.3 is 0 Å². The molecule has 1 amide bonds. The number of ether oxygens (including phenoxy) is 1. The maximum absolute atomic E-state index is 12.9. The number of methoxy groups -OCH3 is 1. The number of carbonyl (C=O) groups is 1. The lowest BCUT2D eigenvalue weighted by atomic mass is 10.2. The third kappa shape index (κ3) is 3.04. The van der Waals surface area contributed by atoms with Crippen molar-refractivity contribution in [3.05, 3.63) is 59.2 Å². The number of aryl methyl sites for hydroxylation is 1. The van der Waals surface area contributed by atoms with Gasteiger partial charge in [0.1, 0.15) is 11.4 Å². The summed E-state index contributed by atoms with van der Waals surface area (Å²) in [5, 5.41) is 15.7. The number of nitrogens with zero attached hydrogens (tertiary/aromatic N) is 4. The molecule has 9 heteroatoms. The number of amides is 1. The SMILES string of the molecule is COc1ccc(NC(=O)c2cc3sc4ccccc4c3s2)cc1-n1nnnc1C. The van der Waals surface area contributed by atoms with Crippen molar-refractivity contribution in [2.45, 2.75) is 6.92 Å². The van der Waals surface area contributed by atoms with Crippen molar-refractivity contribution in [2.75, 3.05) is 12.4 Å². The molecule has 0 fully saturated rings. The van der Waals surface area contributed by atoms with E-state index < -0.39 is 0 Å². The van der Waals surface area contributed by atoms with Crippen molar-refractivity contribution < 1.29 is 9.53 Å². The summed E-state index contributed by atoms with van der Waals surface area (Å²) in [6.45, 7) is 1.80. The molecule has 29 heavy (non-hydrogen) atoms. The van der Waals surface area contributed by atoms with Crippen LogP contribution in [0.2, 0.25) is 0 Å². The van der Waals surface area contributed by atoms with Crippen LogP contribution in [-0.4, -0.2) is 33.2 Å². The zero-order chi connectivity index (χ0) is 20.0. The Morgan fingerprint density at radius 2 is 1.97 bits per heavy atom. The van der Waals surface area contributed by atoms with Crippen molar-refractivity contribution >= 4 is 53.8 Å². The Morgan fingerprint density at radius 1 is 1.10 bits per heavy atom. The van der Waals surface area contributed by atoms with Crippen molar-refractivity contribution in [2.24, 2.45) is 0 Å². The minimum absolute atomic E-state index is 0.146. The molecule has 0 spiro atoms. The average molecular weight is 422 g/mol. The van der Waals surface area contributed by atoms with E-state index in [1.54, 1.807) is 48.3 Å². The fourth-order valence-electron chi connectivity index (χ4n) is 3.19. The number of benzene rings is 2. The standard InChI is InChI=1S/C20H15N5O2S2/c1-11-22-23-24-25(11)14-9-12(7-8-15(14)27-2)21-20(26)18-10-17-19(29-18)13-5-3-4-6-16(13)28-17/h3-10H,1-2H3,(H,21,26). The van der Waals surface area contributed by atoms with E-state index >= 15 is 0 Å². The molecule has 5 rings (SSSR count). The van der Waals surface area contributed by atoms with Gasteiger partial charge in [0, 0.05) is 20.5 Å². The quantitative estimate of drug-likeness (QED) is 0.456. The Balaban J connectivity index is 1.47. The number of nitrogens with one attached hydrogen (secondary N) is 1. The molecule has 0 aliphatic rings. The number of anilines is 1. The summed E-state index contributed by atoms with van der Waals surface area (Å²) in [7, 11) is 1.58. The van der Waals surface area contributed by atoms with Crippen LogP contribution in [-0.2, 0) is 0 Å². The molecule has 0 saturated heterocycles. The van der Waals surface area contributed by atoms with Gasteiger partial charge < -0.3 is 10.1 Å². The van der Waals surface area contributed by atoms with Crippen molar-refractivity contribution in [3.63, 3.8) is 0 Å². The number of thiophene rings is 2. The molecule has 0 radical (unpaired) electrons. The van der Waals surface area contributed by atoms with E-state index in [4.69, 9.17) is 4.74 Å². The van der Waals surface area contributed by atoms with Gasteiger partial charge in [-0.25, -0.2) is 0 Å². The molecule has 1 N–H and O–H groups in total. The zero-order valence-electron chi connectivity index (χ0n) is 15.5. The third-order valence-corrected chi connectivity index (χ3v) is 6.98. The van der Waals surface area contributed by atoms with Gasteiger partial charge in [0.25, 0.3) is 5.91 Å². The van der Waals surface area contributed by atoms with Crippen LogP contribution in [0.3, 0.4) is 0 Å². The van der Waals surface area contributed by atoms with Crippen LogP contribution < -0.4 is 10.1 Å². The smallest absolute Gasteiger partial charge is 0.265 e. The van der Waals surface area contributed by atoms with Gasteiger partial charge in [0.05, 0.1) is 16.7 Å². The molecule has 7 nitrogen and oxygen atoms in total. The van der Waals surface area contributed by atoms with Gasteiger partial charge in [-0.05, 0) is 47.7 Å². The summed E-state index contributed by atoms with van der Waals surface area (Å²) in [6, 6.07) is 15.6. The molecule has 0 aliphatic carbocycles. The van der Waals surface area contributed by atoms with Crippen LogP contribution in [0.4, 0.5) is 5.69 Å². The van der Waals surface area contributed by atoms with Crippen LogP contribution in [0.25, 0.3) is 25.2 Å². The van der Waals surface area contributed by atoms with E-state index in [-0.39, 0.29) is 5.91 Å². The number of aromatic nitrogens is 4. The highest BCUT2D eigenvalue weighted by Gasteiger charge is 2.16. The summed E-state index contributed by atoms with van der Waals surface area (Å²) in [4.78, 5) is 13.5. The maximum Gasteiger partial charge on any atom is 0.265 e. The molecular formula is C20H15N5O2S2. The van der Waals surface area contributed by atoms with Crippen molar-refractivity contribution in [3.8, 4) is 11.4 Å². The molecule has 3 aromatic heterocycles. The highest BCUT2D eigenvalue weighted by atomic mass is 32.1. The van der Waals surface area contributed by atoms with Crippen LogP contribution >= 0.6 is 22.7 Å². The normalized spacial score (nSPS) is 11.2. The minimum Gasteiger partial charge on any atom is -0.494 e. The number of tetrazole rings is 1. The number of carbonyl (C=O) groups excluding carboxylic acids is 1. The van der Waals surface area contributed by atoms with Gasteiger partial charge in [-0.2, -0.15) is 4.68 Å². The van der Waals surface area contributed by atoms with Gasteiger partial charge in [0.15, 0.2) is 5.82 Å². The van der Waals surface area contributed by atoms with Crippen molar-refractivity contribution in [1.29, 1.82) is 0 Å². The van der Waals surface area contributed by atoms with Crippen LogP contribution in [0.5, 0.6) is 5.75 Å². The van der Waals surface area contributed by atoms with Crippen LogP contribution in [0, 0.1) is 6.92 Å². The van der Waals surface area contributed by atoms with Crippen LogP contribution in [0.15, 0.2) is 48.5 Å². The molecule has 2 aromatic carbocycles. The third-order valence-electron chi connectivity index (χ3n) is 4.56. The molecule has 3 heterocycles. The average Bonchev–Trinajstić information content (AvgIpc) is 3.42. The second kappa shape index (κ2) is 6.94. The van der Waals surface area contributed by atoms with Crippen LogP contribution in [0.1, 0.15) is 15.5 Å². The Morgan fingerprint density at radius 3 is 2.76 bits per heavy atom. The minimum atomic E-state index is -0.146. The van der Waals surface area contributed by atoms with Gasteiger partial charge in [-0.15, -0.1) is 27.8 Å². The topological polar surface area (TPSA) is 81.9 Å². The first-order chi connectivity index (χ1) is 14.1. The first-order valence-electron chi connectivity index (χ1n) is 8.80. The Labute approximate surface area is 173 Å². The summed E-state index contributed by atoms with van der Waals surface area (Å²) in [5.74, 6) is 1.09. The summed E-state index contributed by atoms with van der Waals surface area (Å²) < 4.78 is 10.5. The van der Waals surface area contributed by atoms with E-state index in [0.717, 1.165) is 9.40 Å². The lowest BCUT2D eigenvalue weighted by molar-refractivity contribution is 0.103. The van der Waals surface area contributed by atoms with Crippen molar-refractivity contribution in [1.82, 2.24) is 20.2 Å². The molecule has 0 unspecified atom stereocenters. The maximum atomic E-state index is 12.9. The monoisotopic (exact) mass is 421 g/mol. The summed E-state index contributed by atoms with van der Waals surface area (Å²) in [6.07, 6.45) is 0. The second-order valence-corrected chi connectivity index (χ2v) is 8.52. The largest absolute Gasteiger partial charge is 0.494 e. The van der Waals surface area contributed by atoms with E-state index in [2.05, 4.69) is 33.0 Å². The number of fused-ring (bicyclic) bond motifs is 3. The van der Waals surface area contributed by atoms with Gasteiger partial charge in [-0.1, -0.05) is 18.2 Å². The molecule has 0 atom stereocenters. The summed E-state index contributed by atoms with van der Waals surface area (Å²) >= 11 is 3.21. The number of hydrogen-bond donors (Lipinski definition) is 1. The highest BCUT2D eigenvalue weighted by Crippen LogP contribution is 2.39. The Bertz CT molecular complexity index is 1370. The molecule has 0 aliphatic heterocycles. The fraction of sp³-hybridized carbons (Fsp3) is 0.100. The Kier molecular flexibility index (Phi) is 4.26. The zero-order valence-corrected chi connectivity index (χ0v) is 17.2. The lowest BCUT2D eigenvalue weighted by Crippen LogP contribution is -2.11. The highest BCUT2D eigenvalue weighted by molar-refractivity contribution is 7.33. The molecule has 0 saturated carbocycles. The van der Waals surface area contributed by atoms with E-state index in [9.17, 15) is 4.79 Å². The number of hydrogen-bond acceptors (Lipinski definition) is 7. The molecule has 0 bridgehead atoms. The van der Waals surface area contributed by atoms with E-state index in [0.29, 0.717) is 27.8 Å². The second-order valence-electron chi connectivity index (χ2n) is 6.38. The van der Waals surface area contributed by atoms with Gasteiger partial charge in [-0.3, -0.25) is 4.79 Å². The van der Waals surface area contributed by atoms with E-state index in [1.165, 1.54) is 21.4 Å². The predicted octanol–water partition coefficient (Wildman–Crippen LogP) is 4.66. The number of rotatable bonds is 4. The molecular weight excluding hydrogens is 406 g/mol. The molecule has 144 valence electrons. The first-order valence-corrected chi connectivity index (χ1v) is 10.4. The van der Waals surface area contributed by atoms with Gasteiger partial charge in [0.2, 0.25) is 0 Å². The predicted molar refractivity (Wildman–Crippen MR) is 116 cm³/mol. The Hall–Kier alpha value is -3.30. The molecule has 5 aromatic rings. The van der Waals surface area contributed by atoms with E-state index in [1.807, 2.05) is 18.2 Å². The fourth-order valence-corrected chi connectivity index (χ4v) is 5.61. The summed E-state index contributed by atoms with van der Waals surface area (Å²) in [5.41, 5.74) is 1.30.